The van der Waals surface area contributed by atoms with Gasteiger partial charge < -0.3 is 15.2 Å². The van der Waals surface area contributed by atoms with Crippen LogP contribution in [-0.2, 0) is 4.74 Å². The highest BCUT2D eigenvalue weighted by molar-refractivity contribution is 7.16. The van der Waals surface area contributed by atoms with Crippen LogP contribution in [0.25, 0.3) is 10.6 Å². The number of hydrogen-bond donors (Lipinski definition) is 2. The molecule has 0 aliphatic rings. The second kappa shape index (κ2) is 8.09. The molecule has 0 saturated carbocycles. The lowest BCUT2D eigenvalue weighted by molar-refractivity contribution is 0.0588. The first kappa shape index (κ1) is 17.5. The monoisotopic (exact) mass is 342 g/mol. The molecule has 8 heteroatoms. The van der Waals surface area contributed by atoms with E-state index >= 15 is 0 Å². The number of carbonyl (C=O) groups is 1. The number of benzene rings is 1. The molecule has 0 aliphatic heterocycles. The average molecular weight is 342 g/mol. The molecular formula is C15H16F2N2O3S. The van der Waals surface area contributed by atoms with E-state index in [1.807, 2.05) is 0 Å². The van der Waals surface area contributed by atoms with Crippen LogP contribution in [0.2, 0.25) is 0 Å². The van der Waals surface area contributed by atoms with Crippen LogP contribution in [0.1, 0.15) is 16.1 Å². The molecule has 0 aliphatic carbocycles. The van der Waals surface area contributed by atoms with Crippen LogP contribution < -0.4 is 5.32 Å². The van der Waals surface area contributed by atoms with Gasteiger partial charge in [0.2, 0.25) is 0 Å². The van der Waals surface area contributed by atoms with Crippen LogP contribution in [0.15, 0.2) is 24.4 Å². The third-order valence-electron chi connectivity index (χ3n) is 3.02. The minimum Gasteiger partial charge on any atom is -0.391 e. The van der Waals surface area contributed by atoms with Crippen molar-refractivity contribution in [1.82, 2.24) is 10.3 Å². The number of thiazole rings is 1. The van der Waals surface area contributed by atoms with Crippen LogP contribution in [0.5, 0.6) is 0 Å². The first-order valence-electron chi connectivity index (χ1n) is 6.87. The van der Waals surface area contributed by atoms with E-state index in [-0.39, 0.29) is 12.5 Å². The Bertz CT molecular complexity index is 678. The fourth-order valence-corrected chi connectivity index (χ4v) is 2.69. The molecule has 1 aromatic heterocycles. The molecule has 0 bridgehead atoms. The van der Waals surface area contributed by atoms with Gasteiger partial charge in [0.05, 0.1) is 18.9 Å². The van der Waals surface area contributed by atoms with Gasteiger partial charge >= 0.3 is 0 Å². The molecule has 2 rings (SSSR count). The molecule has 1 unspecified atom stereocenters. The fraction of sp³-hybridized carbons (Fsp3) is 0.333. The molecule has 0 radical (unpaired) electrons. The summed E-state index contributed by atoms with van der Waals surface area (Å²) in [5.74, 6) is -2.23. The number of rotatable bonds is 7. The maximum absolute atomic E-state index is 13.2. The summed E-state index contributed by atoms with van der Waals surface area (Å²) in [5.41, 5.74) is 0.406. The van der Waals surface area contributed by atoms with E-state index in [4.69, 9.17) is 4.74 Å². The Labute approximate surface area is 135 Å². The number of aliphatic hydroxyl groups is 1. The smallest absolute Gasteiger partial charge is 0.263 e. The third-order valence-corrected chi connectivity index (χ3v) is 4.06. The number of ether oxygens (including phenoxy) is 1. The van der Waals surface area contributed by atoms with E-state index in [9.17, 15) is 18.7 Å². The number of aromatic nitrogens is 1. The number of carbonyl (C=O) groups excluding carboxylic acids is 1. The van der Waals surface area contributed by atoms with Gasteiger partial charge in [0.1, 0.15) is 9.88 Å². The molecule has 1 heterocycles. The number of halogens is 2. The van der Waals surface area contributed by atoms with Crippen LogP contribution in [0, 0.1) is 11.6 Å². The maximum Gasteiger partial charge on any atom is 0.263 e. The highest BCUT2D eigenvalue weighted by Gasteiger charge is 2.13. The van der Waals surface area contributed by atoms with Crippen molar-refractivity contribution in [2.75, 3.05) is 20.3 Å². The Hall–Kier alpha value is -1.90. The van der Waals surface area contributed by atoms with Gasteiger partial charge in [-0.2, -0.15) is 0 Å². The van der Waals surface area contributed by atoms with Gasteiger partial charge in [-0.05, 0) is 24.6 Å². The van der Waals surface area contributed by atoms with Gasteiger partial charge in [0.25, 0.3) is 5.91 Å². The minimum atomic E-state index is -0.962. The Morgan fingerprint density at radius 1 is 1.43 bits per heavy atom. The summed E-state index contributed by atoms with van der Waals surface area (Å²) >= 11 is 1.08. The van der Waals surface area contributed by atoms with Crippen molar-refractivity contribution >= 4 is 17.2 Å². The second-order valence-electron chi connectivity index (χ2n) is 4.81. The standard InChI is InChI=1S/C15H16F2N2O3S/c1-22-8-10(20)4-5-18-14(21)13-7-19-15(23-13)9-2-3-11(16)12(17)6-9/h2-3,6-7,10,20H,4-5,8H2,1H3,(H,18,21). The van der Waals surface area contributed by atoms with E-state index in [0.29, 0.717) is 28.4 Å². The van der Waals surface area contributed by atoms with E-state index in [2.05, 4.69) is 10.3 Å². The summed E-state index contributed by atoms with van der Waals surface area (Å²) in [7, 11) is 1.49. The molecular weight excluding hydrogens is 326 g/mol. The highest BCUT2D eigenvalue weighted by Crippen LogP contribution is 2.26. The van der Waals surface area contributed by atoms with E-state index < -0.39 is 17.7 Å². The first-order valence-corrected chi connectivity index (χ1v) is 7.69. The Morgan fingerprint density at radius 3 is 2.91 bits per heavy atom. The molecule has 1 atom stereocenters. The summed E-state index contributed by atoms with van der Waals surface area (Å²) in [4.78, 5) is 16.4. The Balaban J connectivity index is 1.95. The zero-order valence-corrected chi connectivity index (χ0v) is 13.2. The summed E-state index contributed by atoms with van der Waals surface area (Å²) in [6.07, 6.45) is 1.11. The summed E-state index contributed by atoms with van der Waals surface area (Å²) < 4.78 is 30.9. The van der Waals surface area contributed by atoms with Crippen LogP contribution in [0.4, 0.5) is 8.78 Å². The number of hydrogen-bond acceptors (Lipinski definition) is 5. The largest absolute Gasteiger partial charge is 0.391 e. The molecule has 124 valence electrons. The van der Waals surface area contributed by atoms with Crippen LogP contribution in [-0.4, -0.2) is 42.4 Å². The summed E-state index contributed by atoms with van der Waals surface area (Å²) in [5, 5.41) is 12.6. The van der Waals surface area contributed by atoms with Crippen molar-refractivity contribution in [3.8, 4) is 10.6 Å². The quantitative estimate of drug-likeness (QED) is 0.809. The first-order chi connectivity index (χ1) is 11.0. The van der Waals surface area contributed by atoms with Gasteiger partial charge in [-0.1, -0.05) is 0 Å². The van der Waals surface area contributed by atoms with Crippen LogP contribution >= 0.6 is 11.3 Å². The van der Waals surface area contributed by atoms with Crippen molar-refractivity contribution in [1.29, 1.82) is 0 Å². The molecule has 1 amide bonds. The number of nitrogens with one attached hydrogen (secondary N) is 1. The number of nitrogens with zero attached hydrogens (tertiary/aromatic N) is 1. The second-order valence-corrected chi connectivity index (χ2v) is 5.84. The van der Waals surface area contributed by atoms with Crippen molar-refractivity contribution < 1.29 is 23.4 Å². The molecule has 5 nitrogen and oxygen atoms in total. The van der Waals surface area contributed by atoms with Gasteiger partial charge in [0, 0.05) is 19.2 Å². The molecule has 0 saturated heterocycles. The highest BCUT2D eigenvalue weighted by atomic mass is 32.1. The van der Waals surface area contributed by atoms with Crippen molar-refractivity contribution in [3.63, 3.8) is 0 Å². The summed E-state index contributed by atoms with van der Waals surface area (Å²) in [6, 6.07) is 3.46. The van der Waals surface area contributed by atoms with Crippen molar-refractivity contribution in [2.24, 2.45) is 0 Å². The van der Waals surface area contributed by atoms with Gasteiger partial charge in [-0.25, -0.2) is 13.8 Å². The predicted octanol–water partition coefficient (Wildman–Crippen LogP) is 2.22. The normalized spacial score (nSPS) is 12.2. The van der Waals surface area contributed by atoms with Gasteiger partial charge in [-0.3, -0.25) is 4.79 Å². The fourth-order valence-electron chi connectivity index (χ4n) is 1.86. The number of methoxy groups -OCH3 is 1. The zero-order valence-electron chi connectivity index (χ0n) is 12.4. The van der Waals surface area contributed by atoms with E-state index in [1.54, 1.807) is 0 Å². The Morgan fingerprint density at radius 2 is 2.22 bits per heavy atom. The van der Waals surface area contributed by atoms with Crippen molar-refractivity contribution in [2.45, 2.75) is 12.5 Å². The van der Waals surface area contributed by atoms with E-state index in [0.717, 1.165) is 23.5 Å². The lowest BCUT2D eigenvalue weighted by Crippen LogP contribution is -2.27. The molecule has 0 spiro atoms. The lowest BCUT2D eigenvalue weighted by Gasteiger charge is -2.09. The van der Waals surface area contributed by atoms with Gasteiger partial charge in [0.15, 0.2) is 11.6 Å². The number of aliphatic hydroxyl groups excluding tert-OH is 1. The molecule has 2 aromatic rings. The molecule has 0 fully saturated rings. The SMILES string of the molecule is COCC(O)CCNC(=O)c1cnc(-c2ccc(F)c(F)c2)s1. The predicted molar refractivity (Wildman–Crippen MR) is 82.3 cm³/mol. The zero-order chi connectivity index (χ0) is 16.8. The van der Waals surface area contributed by atoms with Crippen molar-refractivity contribution in [3.05, 3.63) is 40.9 Å². The minimum absolute atomic E-state index is 0.205. The van der Waals surface area contributed by atoms with Gasteiger partial charge in [-0.15, -0.1) is 11.3 Å². The third kappa shape index (κ3) is 4.78. The Kier molecular flexibility index (Phi) is 6.14. The van der Waals surface area contributed by atoms with E-state index in [1.165, 1.54) is 19.4 Å². The number of amides is 1. The molecule has 23 heavy (non-hydrogen) atoms. The summed E-state index contributed by atoms with van der Waals surface area (Å²) in [6.45, 7) is 0.498. The lowest BCUT2D eigenvalue weighted by atomic mass is 10.2. The van der Waals surface area contributed by atoms with Crippen LogP contribution in [0.3, 0.4) is 0 Å². The average Bonchev–Trinajstić information content (AvgIpc) is 3.00. The topological polar surface area (TPSA) is 71.5 Å². The molecule has 2 N–H and O–H groups in total. The maximum atomic E-state index is 13.2. The molecule has 1 aromatic carbocycles.